The number of nitrogens with two attached hydrogens (primary N) is 1. The molecule has 2 aliphatic rings. The summed E-state index contributed by atoms with van der Waals surface area (Å²) in [6.07, 6.45) is 0. The van der Waals surface area contributed by atoms with E-state index in [-0.39, 0.29) is 17.7 Å². The van der Waals surface area contributed by atoms with Gasteiger partial charge in [-0.15, -0.1) is 11.8 Å². The van der Waals surface area contributed by atoms with Crippen LogP contribution in [0, 0.1) is 0 Å². The summed E-state index contributed by atoms with van der Waals surface area (Å²) in [4.78, 5) is 47.4. The van der Waals surface area contributed by atoms with Gasteiger partial charge in [-0.2, -0.15) is 0 Å². The molecule has 2 heterocycles. The van der Waals surface area contributed by atoms with Gasteiger partial charge < -0.3 is 19.9 Å². The molecule has 2 atom stereocenters. The summed E-state index contributed by atoms with van der Waals surface area (Å²) in [7, 11) is 1.16. The zero-order valence-corrected chi connectivity index (χ0v) is 13.4. The quantitative estimate of drug-likeness (QED) is 0.370. The predicted molar refractivity (Wildman–Crippen MR) is 77.7 cm³/mol. The summed E-state index contributed by atoms with van der Waals surface area (Å²) in [6.45, 7) is 0.515. The minimum atomic E-state index is -0.858. The van der Waals surface area contributed by atoms with Crippen LogP contribution in [0.1, 0.15) is 6.92 Å². The number of rotatable bonds is 5. The van der Waals surface area contributed by atoms with Crippen molar-refractivity contribution in [3.05, 3.63) is 11.3 Å². The van der Waals surface area contributed by atoms with E-state index in [9.17, 15) is 19.2 Å². The molecule has 0 aromatic heterocycles. The number of thioether (sulfide) groups is 1. The van der Waals surface area contributed by atoms with Gasteiger partial charge in [-0.3, -0.25) is 14.5 Å². The summed E-state index contributed by atoms with van der Waals surface area (Å²) >= 11 is 1.37. The number of amides is 1. The lowest BCUT2D eigenvalue weighted by Gasteiger charge is -2.48. The number of carbonyl (C=O) groups excluding carboxylic acids is 4. The van der Waals surface area contributed by atoms with Crippen LogP contribution < -0.4 is 5.73 Å². The minimum Gasteiger partial charge on any atom is -0.466 e. The lowest BCUT2D eigenvalue weighted by molar-refractivity contribution is -0.158. The molecule has 2 N–H and O–H groups in total. The first-order valence-electron chi connectivity index (χ1n) is 6.66. The third-order valence-electron chi connectivity index (χ3n) is 3.28. The lowest BCUT2D eigenvalue weighted by atomic mass is 10.0. The van der Waals surface area contributed by atoms with Crippen LogP contribution >= 0.6 is 11.8 Å². The number of esters is 3. The van der Waals surface area contributed by atoms with Crippen LogP contribution in [-0.2, 0) is 33.4 Å². The van der Waals surface area contributed by atoms with Gasteiger partial charge in [0.25, 0.3) is 0 Å². The number of hydrogen-bond acceptors (Lipinski definition) is 9. The second-order valence-electron chi connectivity index (χ2n) is 4.82. The Bertz CT molecular complexity index is 589. The van der Waals surface area contributed by atoms with Gasteiger partial charge in [0, 0.05) is 18.2 Å². The van der Waals surface area contributed by atoms with Crippen LogP contribution in [0.5, 0.6) is 0 Å². The molecule has 126 valence electrons. The SMILES string of the molecule is COC(=O)COC(=O)C1=C(COC(C)=O)CS[C@H]2C(N)C(=O)N12. The fourth-order valence-corrected chi connectivity index (χ4v) is 3.39. The Morgan fingerprint density at radius 3 is 2.65 bits per heavy atom. The highest BCUT2D eigenvalue weighted by Gasteiger charge is 2.52. The van der Waals surface area contributed by atoms with E-state index in [1.165, 1.54) is 23.6 Å². The fraction of sp³-hybridized carbons (Fsp3) is 0.538. The van der Waals surface area contributed by atoms with E-state index in [2.05, 4.69) is 4.74 Å². The van der Waals surface area contributed by atoms with Crippen molar-refractivity contribution in [2.24, 2.45) is 5.73 Å². The maximum Gasteiger partial charge on any atom is 0.355 e. The summed E-state index contributed by atoms with van der Waals surface area (Å²) in [5.41, 5.74) is 6.11. The first-order valence-corrected chi connectivity index (χ1v) is 7.71. The normalized spacial score (nSPS) is 22.9. The molecule has 1 amide bonds. The maximum absolute atomic E-state index is 12.2. The zero-order valence-electron chi connectivity index (χ0n) is 12.6. The van der Waals surface area contributed by atoms with Gasteiger partial charge in [0.2, 0.25) is 5.91 Å². The van der Waals surface area contributed by atoms with Gasteiger partial charge in [-0.05, 0) is 0 Å². The Kier molecular flexibility index (Phi) is 5.26. The van der Waals surface area contributed by atoms with Gasteiger partial charge in [0.15, 0.2) is 6.61 Å². The summed E-state index contributed by atoms with van der Waals surface area (Å²) < 4.78 is 14.1. The first-order chi connectivity index (χ1) is 10.9. The minimum absolute atomic E-state index is 0.0226. The van der Waals surface area contributed by atoms with Crippen LogP contribution in [0.15, 0.2) is 11.3 Å². The summed E-state index contributed by atoms with van der Waals surface area (Å²) in [5, 5.41) is -0.371. The Morgan fingerprint density at radius 1 is 1.35 bits per heavy atom. The van der Waals surface area contributed by atoms with Gasteiger partial charge in [0.05, 0.1) is 7.11 Å². The molecule has 0 saturated carbocycles. The molecule has 9 nitrogen and oxygen atoms in total. The molecular weight excluding hydrogens is 328 g/mol. The molecule has 0 aromatic carbocycles. The number of carbonyl (C=O) groups is 4. The van der Waals surface area contributed by atoms with Gasteiger partial charge >= 0.3 is 17.9 Å². The third kappa shape index (κ3) is 3.48. The molecule has 0 aliphatic carbocycles. The molecule has 23 heavy (non-hydrogen) atoms. The standard InChI is InChI=1S/C13H16N2O7S/c1-6(16)21-3-7-5-23-12-9(14)11(18)15(12)10(7)13(19)22-4-8(17)20-2/h9,12H,3-5,14H2,1-2H3/t9?,12-/m0/s1. The second-order valence-corrected chi connectivity index (χ2v) is 5.93. The van der Waals surface area contributed by atoms with Crippen molar-refractivity contribution in [1.29, 1.82) is 0 Å². The molecule has 1 saturated heterocycles. The molecule has 0 spiro atoms. The summed E-state index contributed by atoms with van der Waals surface area (Å²) in [6, 6.07) is -0.696. The maximum atomic E-state index is 12.2. The van der Waals surface area contributed by atoms with Gasteiger partial charge in [-0.1, -0.05) is 0 Å². The van der Waals surface area contributed by atoms with Crippen LogP contribution in [0.3, 0.4) is 0 Å². The largest absolute Gasteiger partial charge is 0.466 e. The smallest absolute Gasteiger partial charge is 0.355 e. The van der Waals surface area contributed by atoms with E-state index in [1.54, 1.807) is 0 Å². The van der Waals surface area contributed by atoms with Gasteiger partial charge in [0.1, 0.15) is 23.7 Å². The molecule has 1 fully saturated rings. The van der Waals surface area contributed by atoms with E-state index in [4.69, 9.17) is 15.2 Å². The molecule has 2 aliphatic heterocycles. The number of methoxy groups -OCH3 is 1. The average molecular weight is 344 g/mol. The highest BCUT2D eigenvalue weighted by atomic mass is 32.2. The Morgan fingerprint density at radius 2 is 2.04 bits per heavy atom. The molecular formula is C13H16N2O7S. The van der Waals surface area contributed by atoms with Gasteiger partial charge in [-0.25, -0.2) is 9.59 Å². The lowest BCUT2D eigenvalue weighted by Crippen LogP contribution is -2.68. The first kappa shape index (κ1) is 17.3. The monoisotopic (exact) mass is 344 g/mol. The number of ether oxygens (including phenoxy) is 3. The molecule has 1 unspecified atom stereocenters. The molecule has 2 rings (SSSR count). The zero-order chi connectivity index (χ0) is 17.1. The number of fused-ring (bicyclic) bond motifs is 1. The van der Waals surface area contributed by atoms with Crippen molar-refractivity contribution < 1.29 is 33.4 Å². The number of nitrogens with zero attached hydrogens (tertiary/aromatic N) is 1. The van der Waals surface area contributed by atoms with Crippen LogP contribution in [0.2, 0.25) is 0 Å². The van der Waals surface area contributed by atoms with Crippen molar-refractivity contribution in [3.63, 3.8) is 0 Å². The van der Waals surface area contributed by atoms with Crippen molar-refractivity contribution in [3.8, 4) is 0 Å². The van der Waals surface area contributed by atoms with Crippen molar-refractivity contribution in [1.82, 2.24) is 4.90 Å². The van der Waals surface area contributed by atoms with Crippen LogP contribution in [-0.4, -0.2) is 66.2 Å². The highest BCUT2D eigenvalue weighted by molar-refractivity contribution is 8.00. The molecule has 0 radical (unpaired) electrons. The van der Waals surface area contributed by atoms with E-state index >= 15 is 0 Å². The van der Waals surface area contributed by atoms with Crippen LogP contribution in [0.4, 0.5) is 0 Å². The third-order valence-corrected chi connectivity index (χ3v) is 4.64. The Labute approximate surface area is 136 Å². The molecule has 0 aromatic rings. The highest BCUT2D eigenvalue weighted by Crippen LogP contribution is 2.39. The van der Waals surface area contributed by atoms with Crippen molar-refractivity contribution >= 4 is 35.6 Å². The molecule has 10 heteroatoms. The van der Waals surface area contributed by atoms with E-state index in [0.29, 0.717) is 11.3 Å². The fourth-order valence-electron chi connectivity index (χ4n) is 2.12. The number of hydrogen-bond donors (Lipinski definition) is 1. The van der Waals surface area contributed by atoms with Crippen LogP contribution in [0.25, 0.3) is 0 Å². The van der Waals surface area contributed by atoms with Crippen molar-refractivity contribution in [2.45, 2.75) is 18.3 Å². The van der Waals surface area contributed by atoms with Crippen molar-refractivity contribution in [2.75, 3.05) is 26.1 Å². The average Bonchev–Trinajstić information content (AvgIpc) is 2.55. The topological polar surface area (TPSA) is 125 Å². The Hall–Kier alpha value is -2.07. The second kappa shape index (κ2) is 7.01. The summed E-state index contributed by atoms with van der Waals surface area (Å²) in [5.74, 6) is -2.17. The predicted octanol–water partition coefficient (Wildman–Crippen LogP) is -1.24. The van der Waals surface area contributed by atoms with E-state index < -0.39 is 36.5 Å². The van der Waals surface area contributed by atoms with E-state index in [0.717, 1.165) is 7.11 Å². The Balaban J connectivity index is 2.21. The number of β-lactam (4-membered cyclic amide) rings is 1. The van der Waals surface area contributed by atoms with E-state index in [1.807, 2.05) is 0 Å². The molecule has 0 bridgehead atoms.